The van der Waals surface area contributed by atoms with Gasteiger partial charge in [0.25, 0.3) is 0 Å². The maximum Gasteiger partial charge on any atom is 0.326 e. The number of benzene rings is 1. The molecule has 2 aliphatic heterocycles. The minimum absolute atomic E-state index is 0.109. The Bertz CT molecular complexity index is 958. The molecule has 0 saturated heterocycles. The molecular weight excluding hydrogens is 361 g/mol. The summed E-state index contributed by atoms with van der Waals surface area (Å²) in [5.74, 6) is 0. The van der Waals surface area contributed by atoms with Gasteiger partial charge >= 0.3 is 6.03 Å². The topological polar surface area (TPSA) is 75.2 Å². The molecule has 1 aromatic carbocycles. The van der Waals surface area contributed by atoms with Gasteiger partial charge in [-0.15, -0.1) is 0 Å². The first kappa shape index (κ1) is 16.1. The summed E-state index contributed by atoms with van der Waals surface area (Å²) >= 11 is 12.4. The Morgan fingerprint density at radius 1 is 1.40 bits per heavy atom. The molecule has 2 aromatic rings. The van der Waals surface area contributed by atoms with Crippen molar-refractivity contribution >= 4 is 40.1 Å². The average molecular weight is 376 g/mol. The zero-order chi connectivity index (χ0) is 17.7. The maximum atomic E-state index is 12.9. The molecule has 4 rings (SSSR count). The van der Waals surface area contributed by atoms with Crippen molar-refractivity contribution in [2.24, 2.45) is 0 Å². The quantitative estimate of drug-likeness (QED) is 0.736. The van der Waals surface area contributed by atoms with E-state index in [0.717, 1.165) is 22.2 Å². The van der Waals surface area contributed by atoms with E-state index in [0.29, 0.717) is 35.4 Å². The fourth-order valence-corrected chi connectivity index (χ4v) is 3.94. The molecule has 25 heavy (non-hydrogen) atoms. The Hall–Kier alpha value is -2.36. The third-order valence-corrected chi connectivity index (χ3v) is 5.61. The Kier molecular flexibility index (Phi) is 3.78. The van der Waals surface area contributed by atoms with Crippen LogP contribution >= 0.6 is 23.2 Å². The number of amides is 2. The van der Waals surface area contributed by atoms with E-state index in [2.05, 4.69) is 10.3 Å². The molecule has 2 amide bonds. The molecule has 0 spiro atoms. The van der Waals surface area contributed by atoms with Crippen LogP contribution in [0.3, 0.4) is 0 Å². The number of aromatic amines is 1. The van der Waals surface area contributed by atoms with Crippen LogP contribution in [0.25, 0.3) is 10.9 Å². The van der Waals surface area contributed by atoms with Crippen molar-refractivity contribution in [2.75, 3.05) is 13.2 Å². The van der Waals surface area contributed by atoms with Crippen LogP contribution in [0.2, 0.25) is 10.0 Å². The Labute approximate surface area is 154 Å². The molecule has 0 saturated carbocycles. The predicted octanol–water partition coefficient (Wildman–Crippen LogP) is 3.74. The second-order valence-electron chi connectivity index (χ2n) is 6.16. The second kappa shape index (κ2) is 5.87. The first-order valence-electron chi connectivity index (χ1n) is 7.92. The molecule has 0 aliphatic carbocycles. The van der Waals surface area contributed by atoms with Crippen LogP contribution in [0.4, 0.5) is 4.79 Å². The number of hydrogen-bond donors (Lipinski definition) is 2. The molecule has 1 aromatic heterocycles. The van der Waals surface area contributed by atoms with Crippen LogP contribution in [0.5, 0.6) is 0 Å². The number of carbonyl (C=O) groups is 1. The molecule has 1 atom stereocenters. The SMILES string of the molecule is C[C@H]1c2c([nH]c3c(Cl)c(Cl)ccc23)CCN1C(=O)N1C=C(C#N)NC1. The van der Waals surface area contributed by atoms with Crippen LogP contribution in [0.1, 0.15) is 24.2 Å². The molecule has 6 nitrogen and oxygen atoms in total. The summed E-state index contributed by atoms with van der Waals surface area (Å²) in [4.78, 5) is 19.6. The van der Waals surface area contributed by atoms with Gasteiger partial charge in [-0.05, 0) is 13.0 Å². The van der Waals surface area contributed by atoms with Crippen molar-refractivity contribution in [3.63, 3.8) is 0 Å². The van der Waals surface area contributed by atoms with Gasteiger partial charge in [-0.2, -0.15) is 5.26 Å². The Morgan fingerprint density at radius 2 is 2.20 bits per heavy atom. The largest absolute Gasteiger partial charge is 0.357 e. The van der Waals surface area contributed by atoms with E-state index in [-0.39, 0.29) is 12.1 Å². The van der Waals surface area contributed by atoms with Crippen molar-refractivity contribution in [3.05, 3.63) is 45.3 Å². The highest BCUT2D eigenvalue weighted by molar-refractivity contribution is 6.45. The monoisotopic (exact) mass is 375 g/mol. The molecular formula is C17H15Cl2N5O. The van der Waals surface area contributed by atoms with Crippen LogP contribution in [-0.4, -0.2) is 34.0 Å². The Morgan fingerprint density at radius 3 is 2.92 bits per heavy atom. The number of aromatic nitrogens is 1. The van der Waals surface area contributed by atoms with Crippen molar-refractivity contribution < 1.29 is 4.79 Å². The fraction of sp³-hybridized carbons (Fsp3) is 0.294. The number of fused-ring (bicyclic) bond motifs is 3. The lowest BCUT2D eigenvalue weighted by Gasteiger charge is -2.35. The molecule has 0 unspecified atom stereocenters. The van der Waals surface area contributed by atoms with Crippen LogP contribution in [0, 0.1) is 11.3 Å². The predicted molar refractivity (Wildman–Crippen MR) is 96.1 cm³/mol. The minimum atomic E-state index is -0.120. The van der Waals surface area contributed by atoms with E-state index in [4.69, 9.17) is 28.5 Å². The van der Waals surface area contributed by atoms with Gasteiger partial charge in [-0.1, -0.05) is 29.3 Å². The molecule has 0 bridgehead atoms. The normalized spacial score (nSPS) is 19.4. The molecule has 128 valence electrons. The highest BCUT2D eigenvalue weighted by Gasteiger charge is 2.34. The summed E-state index contributed by atoms with van der Waals surface area (Å²) in [7, 11) is 0. The van der Waals surface area contributed by atoms with Gasteiger partial charge in [0.1, 0.15) is 11.8 Å². The van der Waals surface area contributed by atoms with Crippen molar-refractivity contribution in [1.29, 1.82) is 5.26 Å². The summed E-state index contributed by atoms with van der Waals surface area (Å²) in [6.45, 7) is 2.91. The highest BCUT2D eigenvalue weighted by Crippen LogP contribution is 2.40. The summed E-state index contributed by atoms with van der Waals surface area (Å²) in [6, 6.07) is 5.50. The third kappa shape index (κ3) is 2.43. The summed E-state index contributed by atoms with van der Waals surface area (Å²) < 4.78 is 0. The smallest absolute Gasteiger partial charge is 0.326 e. The fourth-order valence-electron chi connectivity index (χ4n) is 3.57. The number of nitrogens with zero attached hydrogens (tertiary/aromatic N) is 3. The number of nitrogens with one attached hydrogen (secondary N) is 2. The van der Waals surface area contributed by atoms with E-state index in [1.807, 2.05) is 24.0 Å². The van der Waals surface area contributed by atoms with Gasteiger partial charge in [0.2, 0.25) is 0 Å². The standard InChI is InChI=1S/C17H15Cl2N5O/c1-9-14-11-2-3-12(18)15(19)16(11)22-13(14)4-5-24(9)17(25)23-7-10(6-20)21-8-23/h2-3,7,9,21-22H,4-5,8H2,1H3/t9-/m0/s1. The molecule has 0 fully saturated rings. The summed E-state index contributed by atoms with van der Waals surface area (Å²) in [5, 5.41) is 13.8. The number of nitriles is 1. The van der Waals surface area contributed by atoms with E-state index in [1.54, 1.807) is 12.3 Å². The summed E-state index contributed by atoms with van der Waals surface area (Å²) in [6.07, 6.45) is 2.26. The molecule has 2 N–H and O–H groups in total. The molecule has 2 aliphatic rings. The van der Waals surface area contributed by atoms with Crippen LogP contribution in [0.15, 0.2) is 24.0 Å². The number of urea groups is 1. The minimum Gasteiger partial charge on any atom is -0.357 e. The average Bonchev–Trinajstić information content (AvgIpc) is 3.23. The van der Waals surface area contributed by atoms with E-state index in [9.17, 15) is 4.79 Å². The number of halogens is 2. The number of hydrogen-bond acceptors (Lipinski definition) is 3. The number of rotatable bonds is 0. The van der Waals surface area contributed by atoms with Gasteiger partial charge in [0, 0.05) is 35.8 Å². The van der Waals surface area contributed by atoms with Crippen LogP contribution in [-0.2, 0) is 6.42 Å². The molecule has 0 radical (unpaired) electrons. The number of carbonyl (C=O) groups excluding carboxylic acids is 1. The van der Waals surface area contributed by atoms with E-state index >= 15 is 0 Å². The van der Waals surface area contributed by atoms with Gasteiger partial charge in [0.15, 0.2) is 0 Å². The van der Waals surface area contributed by atoms with E-state index in [1.165, 1.54) is 4.90 Å². The van der Waals surface area contributed by atoms with Gasteiger partial charge in [-0.25, -0.2) is 4.79 Å². The zero-order valence-corrected chi connectivity index (χ0v) is 14.9. The Balaban J connectivity index is 1.71. The number of allylic oxidation sites excluding steroid dienone is 1. The third-order valence-electron chi connectivity index (χ3n) is 4.81. The maximum absolute atomic E-state index is 12.9. The van der Waals surface area contributed by atoms with E-state index < -0.39 is 0 Å². The van der Waals surface area contributed by atoms with Crippen LogP contribution < -0.4 is 5.32 Å². The molecule has 8 heteroatoms. The lowest BCUT2D eigenvalue weighted by molar-refractivity contribution is 0.149. The van der Waals surface area contributed by atoms with Crippen molar-refractivity contribution in [1.82, 2.24) is 20.1 Å². The lowest BCUT2D eigenvalue weighted by Crippen LogP contribution is -2.45. The van der Waals surface area contributed by atoms with Gasteiger partial charge in [0.05, 0.1) is 28.3 Å². The second-order valence-corrected chi connectivity index (χ2v) is 6.95. The number of H-pyrrole nitrogens is 1. The highest BCUT2D eigenvalue weighted by atomic mass is 35.5. The first-order valence-corrected chi connectivity index (χ1v) is 8.68. The summed E-state index contributed by atoms with van der Waals surface area (Å²) in [5.41, 5.74) is 3.37. The lowest BCUT2D eigenvalue weighted by atomic mass is 9.97. The van der Waals surface area contributed by atoms with Gasteiger partial charge < -0.3 is 15.2 Å². The van der Waals surface area contributed by atoms with Gasteiger partial charge in [-0.3, -0.25) is 4.90 Å². The first-order chi connectivity index (χ1) is 12.0. The molecule has 3 heterocycles. The van der Waals surface area contributed by atoms with Crippen molar-refractivity contribution in [2.45, 2.75) is 19.4 Å². The zero-order valence-electron chi connectivity index (χ0n) is 13.4. The van der Waals surface area contributed by atoms with Crippen molar-refractivity contribution in [3.8, 4) is 6.07 Å².